The van der Waals surface area contributed by atoms with E-state index in [1.165, 1.54) is 31.2 Å². The summed E-state index contributed by atoms with van der Waals surface area (Å²) in [5.41, 5.74) is 2.07. The number of ether oxygens (including phenoxy) is 6. The van der Waals surface area contributed by atoms with Crippen LogP contribution in [0.25, 0.3) is 0 Å². The van der Waals surface area contributed by atoms with Gasteiger partial charge in [-0.15, -0.1) is 0 Å². The zero-order valence-electron chi connectivity index (χ0n) is 24.9. The maximum absolute atomic E-state index is 12.8. The van der Waals surface area contributed by atoms with Crippen LogP contribution in [0.15, 0.2) is 61.2 Å². The van der Waals surface area contributed by atoms with Gasteiger partial charge in [0.2, 0.25) is 0 Å². The molecule has 0 aromatic heterocycles. The third-order valence-electron chi connectivity index (χ3n) is 7.55. The van der Waals surface area contributed by atoms with Gasteiger partial charge in [-0.25, -0.2) is 14.4 Å². The van der Waals surface area contributed by atoms with Crippen LogP contribution in [0, 0.1) is 0 Å². The summed E-state index contributed by atoms with van der Waals surface area (Å²) in [6.07, 6.45) is 7.46. The SMILES string of the molecule is C=CC(=O)OCCCCOc1ccc(C(=O)O[C@H]2CO[C@H]3[C@@H]2OC[C@H]3OC(=O)c2ccc(CCCCCCC)cc2)cc1. The average molecular weight is 595 g/mol. The van der Waals surface area contributed by atoms with Crippen LogP contribution >= 0.6 is 0 Å². The standard InChI is InChI=1S/C34H42O9/c1-3-5-6-7-8-11-24-12-14-25(15-13-24)33(36)42-28-22-40-32-29(23-41-31(28)32)43-34(37)26-16-18-27(19-17-26)38-20-9-10-21-39-30(35)4-2/h4,12-19,28-29,31-32H,2-3,5-11,20-23H2,1H3/t28-,29+,31-,32-/m1/s1. The van der Waals surface area contributed by atoms with Gasteiger partial charge in [0.15, 0.2) is 12.2 Å². The van der Waals surface area contributed by atoms with E-state index in [-0.39, 0.29) is 13.2 Å². The fourth-order valence-corrected chi connectivity index (χ4v) is 5.10. The quantitative estimate of drug-likeness (QED) is 0.0996. The first-order valence-corrected chi connectivity index (χ1v) is 15.2. The molecule has 0 bridgehead atoms. The van der Waals surface area contributed by atoms with Gasteiger partial charge >= 0.3 is 17.9 Å². The molecule has 0 N–H and O–H groups in total. The molecule has 43 heavy (non-hydrogen) atoms. The normalized spacial score (nSPS) is 20.7. The Labute approximate surface area is 253 Å². The number of fused-ring (bicyclic) bond motifs is 1. The Balaban J connectivity index is 1.17. The zero-order chi connectivity index (χ0) is 30.4. The molecule has 0 amide bonds. The number of aryl methyl sites for hydroxylation is 1. The van der Waals surface area contributed by atoms with E-state index in [1.54, 1.807) is 36.4 Å². The van der Waals surface area contributed by atoms with E-state index in [9.17, 15) is 14.4 Å². The molecule has 2 aliphatic heterocycles. The number of hydrogen-bond donors (Lipinski definition) is 0. The van der Waals surface area contributed by atoms with Gasteiger partial charge in [0.1, 0.15) is 18.0 Å². The molecule has 0 aliphatic carbocycles. The minimum Gasteiger partial charge on any atom is -0.494 e. The van der Waals surface area contributed by atoms with Gasteiger partial charge in [-0.3, -0.25) is 0 Å². The molecule has 4 atom stereocenters. The molecule has 232 valence electrons. The minimum atomic E-state index is -0.607. The van der Waals surface area contributed by atoms with Crippen LogP contribution in [-0.4, -0.2) is 68.8 Å². The molecule has 2 fully saturated rings. The molecule has 4 rings (SSSR count). The molecular formula is C34H42O9. The van der Waals surface area contributed by atoms with Crippen LogP contribution in [0.5, 0.6) is 5.75 Å². The highest BCUT2D eigenvalue weighted by Gasteiger charge is 2.51. The first kappa shape index (κ1) is 32.2. The Morgan fingerprint density at radius 3 is 1.91 bits per heavy atom. The maximum atomic E-state index is 12.8. The lowest BCUT2D eigenvalue weighted by Crippen LogP contribution is -2.36. The van der Waals surface area contributed by atoms with E-state index >= 15 is 0 Å². The lowest BCUT2D eigenvalue weighted by atomic mass is 10.0. The van der Waals surface area contributed by atoms with Crippen molar-refractivity contribution in [2.45, 2.75) is 82.7 Å². The van der Waals surface area contributed by atoms with E-state index < -0.39 is 42.3 Å². The van der Waals surface area contributed by atoms with Crippen molar-refractivity contribution in [1.82, 2.24) is 0 Å². The molecule has 2 aromatic rings. The summed E-state index contributed by atoms with van der Waals surface area (Å²) < 4.78 is 33.7. The van der Waals surface area contributed by atoms with Crippen LogP contribution in [0.1, 0.15) is 78.1 Å². The molecule has 2 saturated heterocycles. The van der Waals surface area contributed by atoms with E-state index in [0.717, 1.165) is 18.9 Å². The Bertz CT molecular complexity index is 1190. The molecule has 2 heterocycles. The monoisotopic (exact) mass is 594 g/mol. The highest BCUT2D eigenvalue weighted by atomic mass is 16.7. The van der Waals surface area contributed by atoms with Gasteiger partial charge in [-0.1, -0.05) is 51.3 Å². The van der Waals surface area contributed by atoms with Crippen molar-refractivity contribution in [3.8, 4) is 5.75 Å². The molecule has 2 aromatic carbocycles. The van der Waals surface area contributed by atoms with Crippen molar-refractivity contribution < 1.29 is 42.8 Å². The number of rotatable bonds is 17. The van der Waals surface area contributed by atoms with Gasteiger partial charge in [-0.2, -0.15) is 0 Å². The summed E-state index contributed by atoms with van der Waals surface area (Å²) >= 11 is 0. The van der Waals surface area contributed by atoms with Crippen molar-refractivity contribution in [2.75, 3.05) is 26.4 Å². The van der Waals surface area contributed by atoms with Crippen LogP contribution < -0.4 is 4.74 Å². The van der Waals surface area contributed by atoms with Crippen molar-refractivity contribution >= 4 is 17.9 Å². The summed E-state index contributed by atoms with van der Waals surface area (Å²) in [6, 6.07) is 14.2. The van der Waals surface area contributed by atoms with Crippen LogP contribution in [0.3, 0.4) is 0 Å². The summed E-state index contributed by atoms with van der Waals surface area (Å²) in [4.78, 5) is 36.6. The fraction of sp³-hybridized carbons (Fsp3) is 0.500. The van der Waals surface area contributed by atoms with Crippen LogP contribution in [0.2, 0.25) is 0 Å². The maximum Gasteiger partial charge on any atom is 0.338 e. The lowest BCUT2D eigenvalue weighted by molar-refractivity contribution is -0.137. The molecule has 0 radical (unpaired) electrons. The highest BCUT2D eigenvalue weighted by Crippen LogP contribution is 2.31. The minimum absolute atomic E-state index is 0.158. The van der Waals surface area contributed by atoms with Crippen molar-refractivity contribution in [3.05, 3.63) is 77.9 Å². The second-order valence-corrected chi connectivity index (χ2v) is 10.8. The number of hydrogen-bond acceptors (Lipinski definition) is 9. The lowest BCUT2D eigenvalue weighted by Gasteiger charge is -2.17. The van der Waals surface area contributed by atoms with Gasteiger partial charge in [0.05, 0.1) is 37.6 Å². The number of unbranched alkanes of at least 4 members (excludes halogenated alkanes) is 5. The summed E-state index contributed by atoms with van der Waals surface area (Å²) in [5, 5.41) is 0. The first-order valence-electron chi connectivity index (χ1n) is 15.2. The Morgan fingerprint density at radius 1 is 0.767 bits per heavy atom. The molecule has 9 heteroatoms. The van der Waals surface area contributed by atoms with Crippen molar-refractivity contribution in [2.24, 2.45) is 0 Å². The summed E-state index contributed by atoms with van der Waals surface area (Å²) in [5.74, 6) is -0.749. The van der Waals surface area contributed by atoms with E-state index in [0.29, 0.717) is 42.9 Å². The molecule has 0 saturated carbocycles. The third-order valence-corrected chi connectivity index (χ3v) is 7.55. The topological polar surface area (TPSA) is 107 Å². The number of esters is 3. The molecular weight excluding hydrogens is 552 g/mol. The largest absolute Gasteiger partial charge is 0.494 e. The molecule has 9 nitrogen and oxygen atoms in total. The van der Waals surface area contributed by atoms with Crippen LogP contribution in [0.4, 0.5) is 0 Å². The van der Waals surface area contributed by atoms with Gasteiger partial charge in [-0.05, 0) is 67.6 Å². The Kier molecular flexibility index (Phi) is 12.6. The number of carbonyl (C=O) groups is 3. The zero-order valence-corrected chi connectivity index (χ0v) is 24.9. The van der Waals surface area contributed by atoms with Crippen LogP contribution in [-0.2, 0) is 34.9 Å². The number of carbonyl (C=O) groups excluding carboxylic acids is 3. The van der Waals surface area contributed by atoms with Crippen molar-refractivity contribution in [1.29, 1.82) is 0 Å². The smallest absolute Gasteiger partial charge is 0.338 e. The number of benzene rings is 2. The third kappa shape index (κ3) is 9.66. The second kappa shape index (κ2) is 16.8. The van der Waals surface area contributed by atoms with Gasteiger partial charge in [0.25, 0.3) is 0 Å². The fourth-order valence-electron chi connectivity index (χ4n) is 5.10. The van der Waals surface area contributed by atoms with E-state index in [4.69, 9.17) is 28.4 Å². The summed E-state index contributed by atoms with van der Waals surface area (Å²) in [6.45, 7) is 6.65. The van der Waals surface area contributed by atoms with E-state index in [2.05, 4.69) is 13.5 Å². The average Bonchev–Trinajstić information content (AvgIpc) is 3.62. The van der Waals surface area contributed by atoms with Gasteiger partial charge in [0, 0.05) is 6.08 Å². The predicted octanol–water partition coefficient (Wildman–Crippen LogP) is 5.64. The van der Waals surface area contributed by atoms with E-state index in [1.807, 2.05) is 12.1 Å². The molecule has 0 spiro atoms. The highest BCUT2D eigenvalue weighted by molar-refractivity contribution is 5.90. The predicted molar refractivity (Wildman–Crippen MR) is 159 cm³/mol. The molecule has 0 unspecified atom stereocenters. The van der Waals surface area contributed by atoms with Gasteiger partial charge < -0.3 is 28.4 Å². The molecule has 2 aliphatic rings. The Hall–Kier alpha value is -3.69. The first-order chi connectivity index (χ1) is 21.0. The second-order valence-electron chi connectivity index (χ2n) is 10.8. The van der Waals surface area contributed by atoms with Crippen molar-refractivity contribution in [3.63, 3.8) is 0 Å². The summed E-state index contributed by atoms with van der Waals surface area (Å²) in [7, 11) is 0. The Morgan fingerprint density at radius 2 is 1.33 bits per heavy atom.